The molecule has 2 aromatic heterocycles. The number of fused-ring (bicyclic) bond motifs is 1. The number of ether oxygens (including phenoxy) is 1. The molecule has 3 atom stereocenters. The maximum atomic E-state index is 12.7. The summed E-state index contributed by atoms with van der Waals surface area (Å²) in [5.74, 6) is 1.13. The Labute approximate surface area is 193 Å². The van der Waals surface area contributed by atoms with E-state index in [-0.39, 0.29) is 11.6 Å². The Kier molecular flexibility index (Phi) is 6.96. The number of pyridine rings is 1. The van der Waals surface area contributed by atoms with Gasteiger partial charge in [0.05, 0.1) is 6.10 Å². The van der Waals surface area contributed by atoms with Crippen LogP contribution in [-0.2, 0) is 4.74 Å². The predicted octanol–water partition coefficient (Wildman–Crippen LogP) is 3.36. The van der Waals surface area contributed by atoms with Crippen LogP contribution in [0.2, 0.25) is 0 Å². The van der Waals surface area contributed by atoms with E-state index in [1.165, 1.54) is 25.7 Å². The van der Waals surface area contributed by atoms with Crippen LogP contribution in [0.1, 0.15) is 57.9 Å². The second kappa shape index (κ2) is 10.1. The van der Waals surface area contributed by atoms with E-state index < -0.39 is 0 Å². The summed E-state index contributed by atoms with van der Waals surface area (Å²) in [4.78, 5) is 22.1. The molecule has 0 radical (unpaired) electrons. The molecule has 32 heavy (non-hydrogen) atoms. The summed E-state index contributed by atoms with van der Waals surface area (Å²) in [5, 5.41) is 4.46. The lowest BCUT2D eigenvalue weighted by Gasteiger charge is -2.31. The molecule has 1 saturated carbocycles. The molecule has 2 aliphatic heterocycles. The van der Waals surface area contributed by atoms with Gasteiger partial charge in [0, 0.05) is 68.1 Å². The van der Waals surface area contributed by atoms with Crippen molar-refractivity contribution >= 4 is 29.1 Å². The minimum absolute atomic E-state index is 0.0433. The monoisotopic (exact) mass is 458 g/mol. The Morgan fingerprint density at radius 1 is 1.16 bits per heavy atom. The molecular weight excluding hydrogens is 424 g/mol. The first-order valence-corrected chi connectivity index (χ1v) is 12.9. The molecule has 174 valence electrons. The topological polar surface area (TPSA) is 84.3 Å². The molecular formula is C23H34N6O2S. The van der Waals surface area contributed by atoms with E-state index in [1.54, 1.807) is 18.2 Å². The fourth-order valence-corrected chi connectivity index (χ4v) is 6.08. The highest BCUT2D eigenvalue weighted by Crippen LogP contribution is 2.35. The lowest BCUT2D eigenvalue weighted by atomic mass is 10.1. The number of hydrogen-bond donors (Lipinski definition) is 2. The summed E-state index contributed by atoms with van der Waals surface area (Å²) in [6.07, 6.45) is 10.0. The highest BCUT2D eigenvalue weighted by Gasteiger charge is 2.28. The third-order valence-corrected chi connectivity index (χ3v) is 8.05. The van der Waals surface area contributed by atoms with Crippen LogP contribution >= 0.6 is 12.1 Å². The van der Waals surface area contributed by atoms with Gasteiger partial charge in [0.15, 0.2) is 0 Å². The molecule has 0 amide bonds. The van der Waals surface area contributed by atoms with Gasteiger partial charge < -0.3 is 10.1 Å². The Morgan fingerprint density at radius 3 is 2.78 bits per heavy atom. The molecule has 0 spiro atoms. The van der Waals surface area contributed by atoms with Crippen LogP contribution in [0.25, 0.3) is 11.0 Å². The normalized spacial score (nSPS) is 27.3. The van der Waals surface area contributed by atoms with Crippen molar-refractivity contribution in [3.8, 4) is 0 Å². The molecule has 2 saturated heterocycles. The molecule has 0 bridgehead atoms. The molecule has 1 aliphatic carbocycles. The fourth-order valence-electron chi connectivity index (χ4n) is 5.24. The SMILES string of the molecule is CC1CCCC1n1c(=O)ccc2cnc(NC3CCN(SNCC4CCCO4)CC3)nc21. The Balaban J connectivity index is 1.20. The van der Waals surface area contributed by atoms with Gasteiger partial charge in [0.1, 0.15) is 5.65 Å². The summed E-state index contributed by atoms with van der Waals surface area (Å²) in [6, 6.07) is 4.08. The second-order valence-electron chi connectivity index (χ2n) is 9.41. The zero-order valence-electron chi connectivity index (χ0n) is 18.8. The number of hydrogen-bond acceptors (Lipinski definition) is 8. The lowest BCUT2D eigenvalue weighted by molar-refractivity contribution is 0.115. The third-order valence-electron chi connectivity index (χ3n) is 7.13. The summed E-state index contributed by atoms with van der Waals surface area (Å²) in [6.45, 7) is 6.08. The first-order valence-electron chi connectivity index (χ1n) is 12.1. The molecule has 0 aromatic carbocycles. The van der Waals surface area contributed by atoms with Crippen molar-refractivity contribution in [2.75, 3.05) is 31.6 Å². The van der Waals surface area contributed by atoms with Crippen molar-refractivity contribution in [1.29, 1.82) is 0 Å². The van der Waals surface area contributed by atoms with E-state index in [9.17, 15) is 4.79 Å². The van der Waals surface area contributed by atoms with Crippen molar-refractivity contribution in [1.82, 2.24) is 23.6 Å². The van der Waals surface area contributed by atoms with Crippen LogP contribution in [-0.4, -0.2) is 57.2 Å². The largest absolute Gasteiger partial charge is 0.377 e. The van der Waals surface area contributed by atoms with Crippen molar-refractivity contribution in [2.45, 2.75) is 70.1 Å². The summed E-state index contributed by atoms with van der Waals surface area (Å²) in [5.41, 5.74) is 0.807. The van der Waals surface area contributed by atoms with E-state index in [2.05, 4.69) is 26.3 Å². The Hall–Kier alpha value is -1.68. The quantitative estimate of drug-likeness (QED) is 0.611. The van der Waals surface area contributed by atoms with E-state index in [0.717, 1.165) is 56.5 Å². The average Bonchev–Trinajstić information content (AvgIpc) is 3.47. The van der Waals surface area contributed by atoms with Crippen molar-refractivity contribution in [2.24, 2.45) is 5.92 Å². The van der Waals surface area contributed by atoms with Crippen LogP contribution in [0.4, 0.5) is 5.95 Å². The average molecular weight is 459 g/mol. The van der Waals surface area contributed by atoms with Crippen LogP contribution in [0.15, 0.2) is 23.1 Å². The lowest BCUT2D eigenvalue weighted by Crippen LogP contribution is -2.38. The minimum atomic E-state index is 0.0433. The standard InChI is InChI=1S/C23H34N6O2S/c1-16-4-2-6-20(16)29-21(30)8-7-17-14-24-23(27-22(17)29)26-18-9-11-28(12-10-18)32-25-15-19-5-3-13-31-19/h7-8,14,16,18-20,25H,2-6,9-13,15H2,1H3,(H,24,26,27). The van der Waals surface area contributed by atoms with Crippen LogP contribution in [0.3, 0.4) is 0 Å². The smallest absolute Gasteiger partial charge is 0.252 e. The summed E-state index contributed by atoms with van der Waals surface area (Å²) in [7, 11) is 0. The number of anilines is 1. The van der Waals surface area contributed by atoms with Gasteiger partial charge in [0.2, 0.25) is 5.95 Å². The molecule has 3 aliphatic rings. The fraction of sp³-hybridized carbons (Fsp3) is 0.696. The molecule has 8 nitrogen and oxygen atoms in total. The van der Waals surface area contributed by atoms with Gasteiger partial charge in [-0.25, -0.2) is 14.0 Å². The predicted molar refractivity (Wildman–Crippen MR) is 129 cm³/mol. The second-order valence-corrected chi connectivity index (χ2v) is 10.4. The van der Waals surface area contributed by atoms with Gasteiger partial charge in [-0.15, -0.1) is 0 Å². The van der Waals surface area contributed by atoms with Crippen LogP contribution in [0.5, 0.6) is 0 Å². The molecule has 3 unspecified atom stereocenters. The first-order chi connectivity index (χ1) is 15.7. The molecule has 4 heterocycles. The maximum absolute atomic E-state index is 12.7. The maximum Gasteiger partial charge on any atom is 0.252 e. The molecule has 2 N–H and O–H groups in total. The molecule has 3 fully saturated rings. The zero-order valence-corrected chi connectivity index (χ0v) is 19.6. The van der Waals surface area contributed by atoms with E-state index >= 15 is 0 Å². The van der Waals surface area contributed by atoms with Crippen molar-refractivity contribution in [3.63, 3.8) is 0 Å². The van der Waals surface area contributed by atoms with Crippen molar-refractivity contribution in [3.05, 3.63) is 28.7 Å². The number of aromatic nitrogens is 3. The Bertz CT molecular complexity index is 971. The van der Waals surface area contributed by atoms with E-state index in [1.807, 2.05) is 16.8 Å². The van der Waals surface area contributed by atoms with Gasteiger partial charge in [-0.2, -0.15) is 4.98 Å². The first kappa shape index (κ1) is 22.1. The molecule has 9 heteroatoms. The van der Waals surface area contributed by atoms with E-state index in [0.29, 0.717) is 24.0 Å². The number of rotatable bonds is 7. The van der Waals surface area contributed by atoms with Gasteiger partial charge in [-0.3, -0.25) is 9.36 Å². The minimum Gasteiger partial charge on any atom is -0.377 e. The summed E-state index contributed by atoms with van der Waals surface area (Å²) < 4.78 is 13.4. The van der Waals surface area contributed by atoms with Gasteiger partial charge in [-0.05, 0) is 50.5 Å². The van der Waals surface area contributed by atoms with Crippen LogP contribution in [0, 0.1) is 5.92 Å². The number of piperidine rings is 1. The zero-order chi connectivity index (χ0) is 21.9. The highest BCUT2D eigenvalue weighted by molar-refractivity contribution is 7.95. The van der Waals surface area contributed by atoms with E-state index in [4.69, 9.17) is 9.72 Å². The Morgan fingerprint density at radius 2 is 2.03 bits per heavy atom. The van der Waals surface area contributed by atoms with Gasteiger partial charge in [0.25, 0.3) is 5.56 Å². The summed E-state index contributed by atoms with van der Waals surface area (Å²) >= 11 is 1.72. The van der Waals surface area contributed by atoms with Crippen molar-refractivity contribution < 1.29 is 4.74 Å². The number of nitrogens with one attached hydrogen (secondary N) is 2. The molecule has 2 aromatic rings. The van der Waals surface area contributed by atoms with Gasteiger partial charge in [-0.1, -0.05) is 13.3 Å². The van der Waals surface area contributed by atoms with Crippen LogP contribution < -0.4 is 15.6 Å². The van der Waals surface area contributed by atoms with Gasteiger partial charge >= 0.3 is 0 Å². The highest BCUT2D eigenvalue weighted by atomic mass is 32.2. The molecule has 5 rings (SSSR count). The third kappa shape index (κ3) is 4.95. The number of nitrogens with zero attached hydrogens (tertiary/aromatic N) is 4.